The first-order valence-corrected chi connectivity index (χ1v) is 9.47. The summed E-state index contributed by atoms with van der Waals surface area (Å²) in [6.45, 7) is 9.39. The lowest BCUT2D eigenvalue weighted by molar-refractivity contribution is 0.402. The molecule has 0 atom stereocenters. The number of halogens is 1. The fraction of sp³-hybridized carbons (Fsp3) is 0.474. The highest BCUT2D eigenvalue weighted by molar-refractivity contribution is 14.0. The molecular formula is C19H30IN5S. The molecule has 144 valence electrons. The van der Waals surface area contributed by atoms with Crippen LogP contribution in [0.15, 0.2) is 29.3 Å². The number of hydrogen-bond donors (Lipinski definition) is 2. The highest BCUT2D eigenvalue weighted by Gasteiger charge is 2.05. The highest BCUT2D eigenvalue weighted by atomic mass is 127. The number of thiazole rings is 1. The van der Waals surface area contributed by atoms with E-state index in [1.54, 1.807) is 11.3 Å². The SMILES string of the molecule is CCNC(=NCc1ccc(CN(C)C)cc1)NCc1nc(C)c(C)s1.I. The lowest BCUT2D eigenvalue weighted by Crippen LogP contribution is -2.36. The predicted molar refractivity (Wildman–Crippen MR) is 122 cm³/mol. The average Bonchev–Trinajstić information content (AvgIpc) is 2.89. The van der Waals surface area contributed by atoms with Crippen LogP contribution in [0.2, 0.25) is 0 Å². The quantitative estimate of drug-likeness (QED) is 0.356. The van der Waals surface area contributed by atoms with E-state index in [9.17, 15) is 0 Å². The molecular weight excluding hydrogens is 457 g/mol. The number of aromatic nitrogens is 1. The van der Waals surface area contributed by atoms with E-state index in [-0.39, 0.29) is 24.0 Å². The van der Waals surface area contributed by atoms with E-state index in [1.165, 1.54) is 16.0 Å². The van der Waals surface area contributed by atoms with Crippen molar-refractivity contribution in [2.24, 2.45) is 4.99 Å². The van der Waals surface area contributed by atoms with Crippen molar-refractivity contribution >= 4 is 41.3 Å². The molecule has 0 aliphatic carbocycles. The molecule has 26 heavy (non-hydrogen) atoms. The second-order valence-corrected chi connectivity index (χ2v) is 7.64. The van der Waals surface area contributed by atoms with Gasteiger partial charge in [0.15, 0.2) is 5.96 Å². The maximum atomic E-state index is 4.68. The maximum Gasteiger partial charge on any atom is 0.191 e. The summed E-state index contributed by atoms with van der Waals surface area (Å²) in [7, 11) is 4.16. The minimum atomic E-state index is 0. The molecule has 0 spiro atoms. The van der Waals surface area contributed by atoms with Gasteiger partial charge >= 0.3 is 0 Å². The molecule has 2 N–H and O–H groups in total. The van der Waals surface area contributed by atoms with Gasteiger partial charge in [0.25, 0.3) is 0 Å². The molecule has 0 saturated carbocycles. The summed E-state index contributed by atoms with van der Waals surface area (Å²) >= 11 is 1.73. The van der Waals surface area contributed by atoms with Crippen molar-refractivity contribution in [1.29, 1.82) is 0 Å². The lowest BCUT2D eigenvalue weighted by atomic mass is 10.1. The van der Waals surface area contributed by atoms with Crippen LogP contribution in [0, 0.1) is 13.8 Å². The van der Waals surface area contributed by atoms with Gasteiger partial charge in [-0.15, -0.1) is 35.3 Å². The Morgan fingerprint density at radius 1 is 1.12 bits per heavy atom. The van der Waals surface area contributed by atoms with E-state index in [1.807, 2.05) is 0 Å². The molecule has 2 rings (SSSR count). The number of aliphatic imine (C=N–C) groups is 1. The van der Waals surface area contributed by atoms with Crippen molar-refractivity contribution in [3.05, 3.63) is 51.0 Å². The zero-order valence-electron chi connectivity index (χ0n) is 16.3. The second kappa shape index (κ2) is 11.5. The third-order valence-corrected chi connectivity index (χ3v) is 4.84. The van der Waals surface area contributed by atoms with E-state index in [2.05, 4.69) is 84.6 Å². The summed E-state index contributed by atoms with van der Waals surface area (Å²) in [6, 6.07) is 8.65. The number of aryl methyl sites for hydroxylation is 2. The maximum absolute atomic E-state index is 4.68. The largest absolute Gasteiger partial charge is 0.357 e. The second-order valence-electron chi connectivity index (χ2n) is 6.35. The number of rotatable bonds is 7. The van der Waals surface area contributed by atoms with Crippen LogP contribution in [-0.4, -0.2) is 36.5 Å². The molecule has 0 saturated heterocycles. The standard InChI is InChI=1S/C19H29N5S.HI/c1-6-20-19(22-12-18-23-14(2)15(3)25-18)21-11-16-7-9-17(10-8-16)13-24(4)5;/h7-10H,6,11-13H2,1-5H3,(H2,20,21,22);1H. The Hall–Kier alpha value is -1.19. The van der Waals surface area contributed by atoms with E-state index in [0.29, 0.717) is 13.1 Å². The van der Waals surface area contributed by atoms with Crippen molar-refractivity contribution < 1.29 is 0 Å². The molecule has 0 bridgehead atoms. The minimum absolute atomic E-state index is 0. The Morgan fingerprint density at radius 3 is 2.31 bits per heavy atom. The Bertz CT molecular complexity index is 675. The molecule has 7 heteroatoms. The number of nitrogens with one attached hydrogen (secondary N) is 2. The lowest BCUT2D eigenvalue weighted by Gasteiger charge is -2.11. The van der Waals surface area contributed by atoms with Crippen LogP contribution in [0.3, 0.4) is 0 Å². The summed E-state index contributed by atoms with van der Waals surface area (Å²) in [5.41, 5.74) is 3.64. The van der Waals surface area contributed by atoms with Crippen molar-refractivity contribution in [2.75, 3.05) is 20.6 Å². The summed E-state index contributed by atoms with van der Waals surface area (Å²) in [5, 5.41) is 7.75. The van der Waals surface area contributed by atoms with Gasteiger partial charge in [0.2, 0.25) is 0 Å². The Labute approximate surface area is 178 Å². The van der Waals surface area contributed by atoms with Crippen molar-refractivity contribution in [1.82, 2.24) is 20.5 Å². The summed E-state index contributed by atoms with van der Waals surface area (Å²) < 4.78 is 0. The van der Waals surface area contributed by atoms with Crippen molar-refractivity contribution in [3.8, 4) is 0 Å². The fourth-order valence-electron chi connectivity index (χ4n) is 2.40. The number of guanidine groups is 1. The van der Waals surface area contributed by atoms with Gasteiger partial charge in [-0.1, -0.05) is 24.3 Å². The Kier molecular flexibility index (Phi) is 10.1. The van der Waals surface area contributed by atoms with E-state index >= 15 is 0 Å². The van der Waals surface area contributed by atoms with Crippen LogP contribution in [-0.2, 0) is 19.6 Å². The molecule has 1 aromatic heterocycles. The van der Waals surface area contributed by atoms with Gasteiger partial charge in [0.05, 0.1) is 18.8 Å². The van der Waals surface area contributed by atoms with Gasteiger partial charge < -0.3 is 15.5 Å². The Morgan fingerprint density at radius 2 is 1.77 bits per heavy atom. The van der Waals surface area contributed by atoms with E-state index in [0.717, 1.165) is 29.8 Å². The van der Waals surface area contributed by atoms with Gasteiger partial charge in [0, 0.05) is 18.0 Å². The monoisotopic (exact) mass is 487 g/mol. The average molecular weight is 487 g/mol. The van der Waals surface area contributed by atoms with E-state index in [4.69, 9.17) is 0 Å². The predicted octanol–water partition coefficient (Wildman–Crippen LogP) is 3.69. The number of nitrogens with zero attached hydrogens (tertiary/aromatic N) is 3. The molecule has 1 aromatic carbocycles. The Balaban J connectivity index is 0.00000338. The topological polar surface area (TPSA) is 52.6 Å². The third-order valence-electron chi connectivity index (χ3n) is 3.77. The minimum Gasteiger partial charge on any atom is -0.357 e. The first-order chi connectivity index (χ1) is 12.0. The van der Waals surface area contributed by atoms with Crippen LogP contribution in [0.4, 0.5) is 0 Å². The smallest absolute Gasteiger partial charge is 0.191 e. The normalized spacial score (nSPS) is 11.4. The van der Waals surface area contributed by atoms with Crippen molar-refractivity contribution in [2.45, 2.75) is 40.4 Å². The van der Waals surface area contributed by atoms with Crippen LogP contribution in [0.25, 0.3) is 0 Å². The molecule has 0 aliphatic heterocycles. The van der Waals surface area contributed by atoms with Crippen LogP contribution >= 0.6 is 35.3 Å². The van der Waals surface area contributed by atoms with Gasteiger partial charge in [-0.2, -0.15) is 0 Å². The third kappa shape index (κ3) is 7.59. The van der Waals surface area contributed by atoms with Gasteiger partial charge in [-0.3, -0.25) is 0 Å². The van der Waals surface area contributed by atoms with Crippen LogP contribution in [0.5, 0.6) is 0 Å². The van der Waals surface area contributed by atoms with Gasteiger partial charge in [-0.25, -0.2) is 9.98 Å². The molecule has 1 heterocycles. The van der Waals surface area contributed by atoms with Crippen LogP contribution < -0.4 is 10.6 Å². The first kappa shape index (κ1) is 22.9. The molecule has 0 aliphatic rings. The molecule has 5 nitrogen and oxygen atoms in total. The molecule has 0 unspecified atom stereocenters. The van der Waals surface area contributed by atoms with Gasteiger partial charge in [0.1, 0.15) is 5.01 Å². The number of hydrogen-bond acceptors (Lipinski definition) is 4. The molecule has 0 radical (unpaired) electrons. The molecule has 2 aromatic rings. The zero-order chi connectivity index (χ0) is 18.2. The van der Waals surface area contributed by atoms with Gasteiger partial charge in [-0.05, 0) is 46.0 Å². The summed E-state index contributed by atoms with van der Waals surface area (Å²) in [5.74, 6) is 0.824. The fourth-order valence-corrected chi connectivity index (χ4v) is 3.28. The van der Waals surface area contributed by atoms with Crippen LogP contribution in [0.1, 0.15) is 33.6 Å². The molecule has 0 fully saturated rings. The highest BCUT2D eigenvalue weighted by Crippen LogP contribution is 2.15. The molecule has 0 amide bonds. The zero-order valence-corrected chi connectivity index (χ0v) is 19.4. The van der Waals surface area contributed by atoms with E-state index < -0.39 is 0 Å². The summed E-state index contributed by atoms with van der Waals surface area (Å²) in [6.07, 6.45) is 0. The van der Waals surface area contributed by atoms with Crippen molar-refractivity contribution in [3.63, 3.8) is 0 Å². The first-order valence-electron chi connectivity index (χ1n) is 8.65. The summed E-state index contributed by atoms with van der Waals surface area (Å²) in [4.78, 5) is 12.7. The number of benzene rings is 1.